The lowest BCUT2D eigenvalue weighted by atomic mass is 10.1. The van der Waals surface area contributed by atoms with Crippen LogP contribution in [0.2, 0.25) is 0 Å². The molecule has 1 atom stereocenters. The van der Waals surface area contributed by atoms with E-state index in [2.05, 4.69) is 10.5 Å². The lowest BCUT2D eigenvalue weighted by molar-refractivity contribution is -0.137. The number of amides is 1. The topological polar surface area (TPSA) is 41.5 Å². The number of rotatable bonds is 5. The van der Waals surface area contributed by atoms with E-state index in [0.717, 1.165) is 17.2 Å². The Balaban J connectivity index is 1.98. The molecule has 2 aromatic rings. The lowest BCUT2D eigenvalue weighted by Crippen LogP contribution is -2.26. The van der Waals surface area contributed by atoms with Gasteiger partial charge in [0.15, 0.2) is 0 Å². The highest BCUT2D eigenvalue weighted by Crippen LogP contribution is 2.31. The van der Waals surface area contributed by atoms with Gasteiger partial charge in [-0.15, -0.1) is 11.8 Å². The Morgan fingerprint density at radius 1 is 1.12 bits per heavy atom. The van der Waals surface area contributed by atoms with Gasteiger partial charge < -0.3 is 0 Å². The summed E-state index contributed by atoms with van der Waals surface area (Å²) in [6, 6.07) is 14.4. The molecule has 0 radical (unpaired) electrons. The normalized spacial score (nSPS) is 13.0. The second-order valence-corrected chi connectivity index (χ2v) is 6.31. The minimum atomic E-state index is -4.47. The predicted molar refractivity (Wildman–Crippen MR) is 88.9 cm³/mol. The molecule has 0 unspecified atom stereocenters. The summed E-state index contributed by atoms with van der Waals surface area (Å²) in [6.07, 6.45) is -3.47. The first kappa shape index (κ1) is 18.1. The fourth-order valence-corrected chi connectivity index (χ4v) is 2.76. The van der Waals surface area contributed by atoms with E-state index in [4.69, 9.17) is 0 Å². The molecular formula is C17H15F3N2OS. The Morgan fingerprint density at radius 3 is 2.42 bits per heavy atom. The van der Waals surface area contributed by atoms with E-state index in [0.29, 0.717) is 0 Å². The molecule has 2 rings (SSSR count). The molecular weight excluding hydrogens is 337 g/mol. The van der Waals surface area contributed by atoms with Crippen LogP contribution in [-0.4, -0.2) is 17.4 Å². The predicted octanol–water partition coefficient (Wildman–Crippen LogP) is 4.34. The highest BCUT2D eigenvalue weighted by atomic mass is 32.2. The van der Waals surface area contributed by atoms with Crippen LogP contribution in [0.4, 0.5) is 13.2 Å². The number of alkyl halides is 3. The van der Waals surface area contributed by atoms with Crippen LogP contribution >= 0.6 is 11.8 Å². The van der Waals surface area contributed by atoms with E-state index >= 15 is 0 Å². The van der Waals surface area contributed by atoms with Crippen molar-refractivity contribution < 1.29 is 18.0 Å². The van der Waals surface area contributed by atoms with Crippen molar-refractivity contribution in [2.75, 3.05) is 0 Å². The van der Waals surface area contributed by atoms with Crippen LogP contribution in [0.3, 0.4) is 0 Å². The van der Waals surface area contributed by atoms with Crippen LogP contribution in [0.5, 0.6) is 0 Å². The third-order valence-electron chi connectivity index (χ3n) is 3.07. The van der Waals surface area contributed by atoms with Crippen LogP contribution in [0.1, 0.15) is 18.1 Å². The van der Waals surface area contributed by atoms with Crippen molar-refractivity contribution in [2.45, 2.75) is 23.2 Å². The van der Waals surface area contributed by atoms with E-state index in [1.807, 2.05) is 30.3 Å². The standard InChI is InChI=1S/C17H15F3N2OS/c1-12(24-14-8-3-2-4-9-14)16(23)22-21-11-13-7-5-6-10-15(13)17(18,19)20/h2-12H,1H3,(H,22,23)/b21-11-/t12-/m0/s1. The number of nitrogens with one attached hydrogen (secondary N) is 1. The Morgan fingerprint density at radius 2 is 1.75 bits per heavy atom. The molecule has 0 aromatic heterocycles. The van der Waals surface area contributed by atoms with Crippen molar-refractivity contribution in [3.8, 4) is 0 Å². The third kappa shape index (κ3) is 5.13. The first-order valence-electron chi connectivity index (χ1n) is 7.09. The number of benzene rings is 2. The zero-order valence-corrected chi connectivity index (χ0v) is 13.6. The van der Waals surface area contributed by atoms with Crippen molar-refractivity contribution in [2.24, 2.45) is 5.10 Å². The Bertz CT molecular complexity index is 717. The summed E-state index contributed by atoms with van der Waals surface area (Å²) >= 11 is 1.34. The van der Waals surface area contributed by atoms with Gasteiger partial charge in [0.25, 0.3) is 5.91 Å². The van der Waals surface area contributed by atoms with Gasteiger partial charge in [-0.3, -0.25) is 4.79 Å². The lowest BCUT2D eigenvalue weighted by Gasteiger charge is -2.10. The molecule has 0 aliphatic carbocycles. The van der Waals surface area contributed by atoms with Crippen molar-refractivity contribution in [3.05, 3.63) is 65.7 Å². The fraction of sp³-hybridized carbons (Fsp3) is 0.176. The molecule has 0 aliphatic heterocycles. The summed E-state index contributed by atoms with van der Waals surface area (Å²) in [5.41, 5.74) is 1.37. The number of halogens is 3. The number of hydrazone groups is 1. The quantitative estimate of drug-likeness (QED) is 0.494. The van der Waals surface area contributed by atoms with Gasteiger partial charge in [-0.25, -0.2) is 5.43 Å². The molecule has 0 saturated heterocycles. The molecule has 0 heterocycles. The van der Waals surface area contributed by atoms with Crippen LogP contribution in [0.15, 0.2) is 64.6 Å². The smallest absolute Gasteiger partial charge is 0.272 e. The first-order chi connectivity index (χ1) is 11.4. The average Bonchev–Trinajstić information content (AvgIpc) is 2.55. The van der Waals surface area contributed by atoms with Gasteiger partial charge >= 0.3 is 6.18 Å². The molecule has 3 nitrogen and oxygen atoms in total. The Kier molecular flexibility index (Phi) is 6.03. The Hall–Kier alpha value is -2.28. The van der Waals surface area contributed by atoms with Gasteiger partial charge in [0.05, 0.1) is 17.0 Å². The highest BCUT2D eigenvalue weighted by molar-refractivity contribution is 8.00. The summed E-state index contributed by atoms with van der Waals surface area (Å²) in [5, 5.41) is 3.21. The molecule has 1 N–H and O–H groups in total. The average molecular weight is 352 g/mol. The van der Waals surface area contributed by atoms with E-state index in [1.165, 1.54) is 30.0 Å². The maximum atomic E-state index is 12.9. The number of nitrogens with zero attached hydrogens (tertiary/aromatic N) is 1. The maximum Gasteiger partial charge on any atom is 0.417 e. The molecule has 126 valence electrons. The molecule has 0 spiro atoms. The van der Waals surface area contributed by atoms with Crippen LogP contribution in [-0.2, 0) is 11.0 Å². The molecule has 0 saturated carbocycles. The highest BCUT2D eigenvalue weighted by Gasteiger charge is 2.32. The largest absolute Gasteiger partial charge is 0.417 e. The minimum absolute atomic E-state index is 0.103. The molecule has 2 aromatic carbocycles. The zero-order chi connectivity index (χ0) is 17.6. The molecule has 0 fully saturated rings. The second-order valence-electron chi connectivity index (χ2n) is 4.89. The van der Waals surface area contributed by atoms with Gasteiger partial charge in [0.1, 0.15) is 0 Å². The summed E-state index contributed by atoms with van der Waals surface area (Å²) in [6.45, 7) is 1.70. The monoisotopic (exact) mass is 352 g/mol. The number of carbonyl (C=O) groups is 1. The molecule has 1 amide bonds. The van der Waals surface area contributed by atoms with Gasteiger partial charge in [0, 0.05) is 10.5 Å². The SMILES string of the molecule is C[C@H](Sc1ccccc1)C(=O)N/N=C\c1ccccc1C(F)(F)F. The number of hydrogen-bond acceptors (Lipinski definition) is 3. The van der Waals surface area contributed by atoms with E-state index in [9.17, 15) is 18.0 Å². The molecule has 0 aliphatic rings. The van der Waals surface area contributed by atoms with Crippen LogP contribution < -0.4 is 5.43 Å². The van der Waals surface area contributed by atoms with Gasteiger partial charge in [-0.1, -0.05) is 36.4 Å². The van der Waals surface area contributed by atoms with Gasteiger partial charge in [0.2, 0.25) is 0 Å². The number of thioether (sulfide) groups is 1. The van der Waals surface area contributed by atoms with E-state index in [-0.39, 0.29) is 11.5 Å². The first-order valence-corrected chi connectivity index (χ1v) is 7.97. The van der Waals surface area contributed by atoms with E-state index in [1.54, 1.807) is 6.92 Å². The van der Waals surface area contributed by atoms with Crippen molar-refractivity contribution in [1.82, 2.24) is 5.43 Å². The van der Waals surface area contributed by atoms with Crippen molar-refractivity contribution in [3.63, 3.8) is 0 Å². The summed E-state index contributed by atoms with van der Waals surface area (Å²) in [4.78, 5) is 12.9. The summed E-state index contributed by atoms with van der Waals surface area (Å²) < 4.78 is 38.6. The third-order valence-corrected chi connectivity index (χ3v) is 4.18. The summed E-state index contributed by atoms with van der Waals surface area (Å²) in [7, 11) is 0. The second kappa shape index (κ2) is 8.01. The zero-order valence-electron chi connectivity index (χ0n) is 12.7. The van der Waals surface area contributed by atoms with Crippen molar-refractivity contribution in [1.29, 1.82) is 0 Å². The molecule has 0 bridgehead atoms. The van der Waals surface area contributed by atoms with Gasteiger partial charge in [-0.2, -0.15) is 18.3 Å². The van der Waals surface area contributed by atoms with Crippen LogP contribution in [0, 0.1) is 0 Å². The Labute approximate surface area is 142 Å². The number of carbonyl (C=O) groups excluding carboxylic acids is 1. The minimum Gasteiger partial charge on any atom is -0.272 e. The molecule has 24 heavy (non-hydrogen) atoms. The molecule has 7 heteroatoms. The van der Waals surface area contributed by atoms with Gasteiger partial charge in [-0.05, 0) is 25.1 Å². The van der Waals surface area contributed by atoms with Crippen molar-refractivity contribution >= 4 is 23.9 Å². The fourth-order valence-electron chi connectivity index (χ4n) is 1.88. The van der Waals surface area contributed by atoms with E-state index < -0.39 is 17.0 Å². The summed E-state index contributed by atoms with van der Waals surface area (Å²) in [5.74, 6) is -0.385. The number of hydrogen-bond donors (Lipinski definition) is 1. The maximum absolute atomic E-state index is 12.9. The van der Waals surface area contributed by atoms with Crippen LogP contribution in [0.25, 0.3) is 0 Å².